The zero-order chi connectivity index (χ0) is 13.7. The summed E-state index contributed by atoms with van der Waals surface area (Å²) in [6.07, 6.45) is 6.46. The van der Waals surface area contributed by atoms with Crippen LogP contribution in [0, 0.1) is 0 Å². The maximum Gasteiger partial charge on any atom is 0.244 e. The molecule has 1 amide bonds. The molecule has 1 heterocycles. The highest BCUT2D eigenvalue weighted by Crippen LogP contribution is 2.19. The van der Waals surface area contributed by atoms with Crippen molar-refractivity contribution in [2.24, 2.45) is 0 Å². The largest absolute Gasteiger partial charge is 0.348 e. The number of H-pyrrole nitrogens is 1. The molecule has 2 N–H and O–H groups in total. The third-order valence-electron chi connectivity index (χ3n) is 2.33. The molecule has 0 atom stereocenters. The number of nitrogens with one attached hydrogen (secondary N) is 2. The van der Waals surface area contributed by atoms with E-state index in [1.807, 2.05) is 0 Å². The predicted octanol–water partition coefficient (Wildman–Crippen LogP) is 3.05. The summed E-state index contributed by atoms with van der Waals surface area (Å²) >= 11 is 11.7. The lowest BCUT2D eigenvalue weighted by molar-refractivity contribution is -0.116. The van der Waals surface area contributed by atoms with Crippen LogP contribution in [-0.2, 0) is 11.3 Å². The number of carbonyl (C=O) groups excluding carboxylic acids is 1. The Kier molecular flexibility index (Phi) is 4.60. The van der Waals surface area contributed by atoms with Crippen LogP contribution in [0.2, 0.25) is 10.0 Å². The van der Waals surface area contributed by atoms with Crippen LogP contribution in [0.25, 0.3) is 6.08 Å². The molecule has 0 aliphatic carbocycles. The van der Waals surface area contributed by atoms with E-state index in [4.69, 9.17) is 23.2 Å². The molecule has 0 aliphatic rings. The second-order valence-electron chi connectivity index (χ2n) is 3.86. The summed E-state index contributed by atoms with van der Waals surface area (Å²) in [7, 11) is 0. The summed E-state index contributed by atoms with van der Waals surface area (Å²) in [4.78, 5) is 11.6. The monoisotopic (exact) mass is 295 g/mol. The van der Waals surface area contributed by atoms with E-state index in [-0.39, 0.29) is 5.91 Å². The SMILES string of the molecule is O=C(/C=C/c1cc(Cl)cc(Cl)c1)NCc1cn[nH]c1. The lowest BCUT2D eigenvalue weighted by atomic mass is 10.2. The van der Waals surface area contributed by atoms with Gasteiger partial charge < -0.3 is 5.32 Å². The van der Waals surface area contributed by atoms with E-state index < -0.39 is 0 Å². The number of aromatic nitrogens is 2. The molecule has 98 valence electrons. The quantitative estimate of drug-likeness (QED) is 0.852. The van der Waals surface area contributed by atoms with Crippen molar-refractivity contribution in [2.75, 3.05) is 0 Å². The van der Waals surface area contributed by atoms with E-state index in [0.717, 1.165) is 11.1 Å². The third kappa shape index (κ3) is 4.43. The zero-order valence-electron chi connectivity index (χ0n) is 9.86. The van der Waals surface area contributed by atoms with Gasteiger partial charge in [-0.3, -0.25) is 9.89 Å². The summed E-state index contributed by atoms with van der Waals surface area (Å²) in [5.41, 5.74) is 1.68. The minimum atomic E-state index is -0.197. The van der Waals surface area contributed by atoms with E-state index in [9.17, 15) is 4.79 Å². The molecule has 0 aliphatic heterocycles. The average Bonchev–Trinajstić information content (AvgIpc) is 2.86. The van der Waals surface area contributed by atoms with Crippen LogP contribution in [0.15, 0.2) is 36.7 Å². The smallest absolute Gasteiger partial charge is 0.244 e. The first-order chi connectivity index (χ1) is 9.13. The van der Waals surface area contributed by atoms with Crippen molar-refractivity contribution >= 4 is 35.2 Å². The van der Waals surface area contributed by atoms with Crippen molar-refractivity contribution in [1.82, 2.24) is 15.5 Å². The van der Waals surface area contributed by atoms with Gasteiger partial charge in [0.15, 0.2) is 0 Å². The van der Waals surface area contributed by atoms with Gasteiger partial charge in [-0.05, 0) is 29.8 Å². The Morgan fingerprint density at radius 3 is 2.68 bits per heavy atom. The molecule has 0 saturated carbocycles. The fourth-order valence-corrected chi connectivity index (χ4v) is 2.01. The lowest BCUT2D eigenvalue weighted by Crippen LogP contribution is -2.19. The van der Waals surface area contributed by atoms with Crippen LogP contribution in [0.3, 0.4) is 0 Å². The van der Waals surface area contributed by atoms with Gasteiger partial charge in [0.2, 0.25) is 5.91 Å². The van der Waals surface area contributed by atoms with Gasteiger partial charge in [-0.1, -0.05) is 23.2 Å². The van der Waals surface area contributed by atoms with Crippen molar-refractivity contribution in [2.45, 2.75) is 6.54 Å². The number of rotatable bonds is 4. The van der Waals surface area contributed by atoms with Gasteiger partial charge in [0.25, 0.3) is 0 Å². The minimum Gasteiger partial charge on any atom is -0.348 e. The summed E-state index contributed by atoms with van der Waals surface area (Å²) in [6, 6.07) is 5.10. The maximum atomic E-state index is 11.6. The number of carbonyl (C=O) groups is 1. The Balaban J connectivity index is 1.92. The van der Waals surface area contributed by atoms with Gasteiger partial charge in [0.1, 0.15) is 0 Å². The first kappa shape index (κ1) is 13.6. The molecule has 0 bridgehead atoms. The Bertz CT molecular complexity index is 574. The first-order valence-electron chi connectivity index (χ1n) is 5.53. The molecule has 0 spiro atoms. The van der Waals surface area contributed by atoms with Crippen LogP contribution >= 0.6 is 23.2 Å². The molecule has 1 aromatic carbocycles. The lowest BCUT2D eigenvalue weighted by Gasteiger charge is -1.99. The number of hydrogen-bond acceptors (Lipinski definition) is 2. The number of aromatic amines is 1. The fraction of sp³-hybridized carbons (Fsp3) is 0.0769. The molecule has 0 unspecified atom stereocenters. The third-order valence-corrected chi connectivity index (χ3v) is 2.77. The van der Waals surface area contributed by atoms with Gasteiger partial charge in [-0.2, -0.15) is 5.10 Å². The van der Waals surface area contributed by atoms with Crippen LogP contribution in [0.5, 0.6) is 0 Å². The molecular weight excluding hydrogens is 285 g/mol. The first-order valence-corrected chi connectivity index (χ1v) is 6.29. The number of benzene rings is 1. The summed E-state index contributed by atoms with van der Waals surface area (Å²) in [5.74, 6) is -0.197. The van der Waals surface area contributed by atoms with Gasteiger partial charge >= 0.3 is 0 Å². The Morgan fingerprint density at radius 2 is 2.05 bits per heavy atom. The van der Waals surface area contributed by atoms with Crippen LogP contribution in [0.4, 0.5) is 0 Å². The van der Waals surface area contributed by atoms with Crippen LogP contribution in [-0.4, -0.2) is 16.1 Å². The number of nitrogens with zero attached hydrogens (tertiary/aromatic N) is 1. The fourth-order valence-electron chi connectivity index (χ4n) is 1.47. The molecule has 19 heavy (non-hydrogen) atoms. The van der Waals surface area contributed by atoms with E-state index in [1.165, 1.54) is 6.08 Å². The molecule has 1 aromatic heterocycles. The number of amides is 1. The Labute approximate surface area is 120 Å². The highest BCUT2D eigenvalue weighted by atomic mass is 35.5. The second-order valence-corrected chi connectivity index (χ2v) is 4.73. The van der Waals surface area contributed by atoms with Crippen molar-refractivity contribution < 1.29 is 4.79 Å². The minimum absolute atomic E-state index is 0.197. The highest BCUT2D eigenvalue weighted by molar-refractivity contribution is 6.34. The predicted molar refractivity (Wildman–Crippen MR) is 75.9 cm³/mol. The molecule has 6 heteroatoms. The van der Waals surface area contributed by atoms with Gasteiger partial charge in [-0.15, -0.1) is 0 Å². The average molecular weight is 296 g/mol. The normalized spacial score (nSPS) is 10.8. The molecular formula is C13H11Cl2N3O. The van der Waals surface area contributed by atoms with E-state index in [1.54, 1.807) is 36.7 Å². The second kappa shape index (κ2) is 6.41. The highest BCUT2D eigenvalue weighted by Gasteiger charge is 1.99. The Morgan fingerprint density at radius 1 is 1.32 bits per heavy atom. The summed E-state index contributed by atoms with van der Waals surface area (Å²) in [5, 5.41) is 10.3. The Hall–Kier alpha value is -1.78. The molecule has 4 nitrogen and oxygen atoms in total. The van der Waals surface area contributed by atoms with Crippen molar-refractivity contribution in [3.63, 3.8) is 0 Å². The standard InChI is InChI=1S/C13H11Cl2N3O/c14-11-3-9(4-12(15)5-11)1-2-13(19)16-6-10-7-17-18-8-10/h1-5,7-8H,6H2,(H,16,19)(H,17,18)/b2-1+. The van der Waals surface area contributed by atoms with Crippen molar-refractivity contribution in [3.8, 4) is 0 Å². The topological polar surface area (TPSA) is 57.8 Å². The van der Waals surface area contributed by atoms with Gasteiger partial charge in [0, 0.05) is 34.4 Å². The van der Waals surface area contributed by atoms with Crippen molar-refractivity contribution in [3.05, 3.63) is 57.8 Å². The number of halogens is 2. The molecule has 2 aromatic rings. The molecule has 0 saturated heterocycles. The van der Waals surface area contributed by atoms with Gasteiger partial charge in [0.05, 0.1) is 6.20 Å². The van der Waals surface area contributed by atoms with E-state index in [0.29, 0.717) is 16.6 Å². The maximum absolute atomic E-state index is 11.6. The molecule has 0 fully saturated rings. The van der Waals surface area contributed by atoms with Crippen LogP contribution < -0.4 is 5.32 Å². The summed E-state index contributed by atoms with van der Waals surface area (Å²) < 4.78 is 0. The zero-order valence-corrected chi connectivity index (χ0v) is 11.4. The van der Waals surface area contributed by atoms with E-state index in [2.05, 4.69) is 15.5 Å². The molecule has 0 radical (unpaired) electrons. The number of hydrogen-bond donors (Lipinski definition) is 2. The van der Waals surface area contributed by atoms with E-state index >= 15 is 0 Å². The summed E-state index contributed by atoms with van der Waals surface area (Å²) in [6.45, 7) is 0.427. The van der Waals surface area contributed by atoms with Crippen molar-refractivity contribution in [1.29, 1.82) is 0 Å². The van der Waals surface area contributed by atoms with Crippen LogP contribution in [0.1, 0.15) is 11.1 Å². The molecule has 2 rings (SSSR count). The van der Waals surface area contributed by atoms with Gasteiger partial charge in [-0.25, -0.2) is 0 Å².